The maximum atomic E-state index is 13.1. The molecule has 1 heterocycles. The van der Waals surface area contributed by atoms with E-state index in [9.17, 15) is 17.6 Å². The Bertz CT molecular complexity index is 936. The van der Waals surface area contributed by atoms with Crippen molar-refractivity contribution < 1.29 is 17.6 Å². The molecule has 1 aromatic carbocycles. The Labute approximate surface area is 152 Å². The van der Waals surface area contributed by atoms with Crippen molar-refractivity contribution in [3.05, 3.63) is 41.0 Å². The van der Waals surface area contributed by atoms with E-state index in [4.69, 9.17) is 0 Å². The third-order valence-corrected chi connectivity index (χ3v) is 6.14. The van der Waals surface area contributed by atoms with Crippen molar-refractivity contribution in [3.63, 3.8) is 0 Å². The first-order chi connectivity index (χ1) is 12.0. The minimum absolute atomic E-state index is 0.111. The number of hydrogen-bond donors (Lipinski definition) is 1. The van der Waals surface area contributed by atoms with Crippen molar-refractivity contribution in [2.45, 2.75) is 38.6 Å². The number of nitrogens with one attached hydrogen (secondary N) is 1. The summed E-state index contributed by atoms with van der Waals surface area (Å²) in [5, 5.41) is 6.97. The molecule has 0 aliphatic carbocycles. The molecular formula is C17H23FN4O3S. The number of anilines is 1. The van der Waals surface area contributed by atoms with Crippen molar-refractivity contribution in [1.29, 1.82) is 0 Å². The molecular weight excluding hydrogens is 359 g/mol. The van der Waals surface area contributed by atoms with Crippen molar-refractivity contribution in [1.82, 2.24) is 14.1 Å². The summed E-state index contributed by atoms with van der Waals surface area (Å²) < 4.78 is 40.6. The van der Waals surface area contributed by atoms with Gasteiger partial charge in [0.1, 0.15) is 10.7 Å². The van der Waals surface area contributed by atoms with Crippen molar-refractivity contribution in [2.75, 3.05) is 19.4 Å². The van der Waals surface area contributed by atoms with Crippen LogP contribution in [0.2, 0.25) is 0 Å². The van der Waals surface area contributed by atoms with Gasteiger partial charge in [0.25, 0.3) is 0 Å². The fraction of sp³-hybridized carbons (Fsp3) is 0.412. The number of carbonyl (C=O) groups is 1. The average molecular weight is 382 g/mol. The number of hydrogen-bond acceptors (Lipinski definition) is 4. The van der Waals surface area contributed by atoms with Gasteiger partial charge in [-0.25, -0.2) is 17.1 Å². The van der Waals surface area contributed by atoms with Crippen LogP contribution in [-0.4, -0.2) is 42.5 Å². The summed E-state index contributed by atoms with van der Waals surface area (Å²) in [5.74, 6) is -0.623. The average Bonchev–Trinajstić information content (AvgIpc) is 2.82. The van der Waals surface area contributed by atoms with Crippen LogP contribution in [0.15, 0.2) is 23.1 Å². The molecule has 142 valence electrons. The molecule has 1 aromatic heterocycles. The molecule has 7 nitrogen and oxygen atoms in total. The zero-order valence-electron chi connectivity index (χ0n) is 15.5. The number of aryl methyl sites for hydroxylation is 3. The number of sulfonamides is 1. The molecule has 0 bridgehead atoms. The predicted molar refractivity (Wildman–Crippen MR) is 97.0 cm³/mol. The molecule has 0 fully saturated rings. The highest BCUT2D eigenvalue weighted by molar-refractivity contribution is 7.89. The summed E-state index contributed by atoms with van der Waals surface area (Å²) in [4.78, 5) is 12.3. The van der Waals surface area contributed by atoms with Crippen LogP contribution in [0.25, 0.3) is 0 Å². The zero-order chi connectivity index (χ0) is 19.6. The van der Waals surface area contributed by atoms with Gasteiger partial charge in [0.2, 0.25) is 15.9 Å². The molecule has 2 aromatic rings. The second-order valence-electron chi connectivity index (χ2n) is 6.27. The highest BCUT2D eigenvalue weighted by Gasteiger charge is 2.26. The number of benzene rings is 1. The fourth-order valence-electron chi connectivity index (χ4n) is 2.64. The Morgan fingerprint density at radius 3 is 2.50 bits per heavy atom. The first-order valence-corrected chi connectivity index (χ1v) is 9.50. The van der Waals surface area contributed by atoms with Gasteiger partial charge >= 0.3 is 0 Å². The van der Waals surface area contributed by atoms with Crippen molar-refractivity contribution in [3.8, 4) is 0 Å². The summed E-state index contributed by atoms with van der Waals surface area (Å²) >= 11 is 0. The minimum Gasteiger partial charge on any atom is -0.326 e. The zero-order valence-corrected chi connectivity index (χ0v) is 16.3. The largest absolute Gasteiger partial charge is 0.326 e. The van der Waals surface area contributed by atoms with E-state index in [0.717, 1.165) is 4.31 Å². The molecule has 0 saturated carbocycles. The van der Waals surface area contributed by atoms with Crippen LogP contribution in [0, 0.1) is 26.6 Å². The van der Waals surface area contributed by atoms with Gasteiger partial charge in [0.05, 0.1) is 17.9 Å². The Hall–Kier alpha value is -2.26. The molecule has 1 amide bonds. The van der Waals surface area contributed by atoms with Gasteiger partial charge in [-0.3, -0.25) is 9.48 Å². The lowest BCUT2D eigenvalue weighted by molar-refractivity contribution is -0.116. The van der Waals surface area contributed by atoms with E-state index < -0.39 is 10.0 Å². The van der Waals surface area contributed by atoms with Crippen LogP contribution >= 0.6 is 0 Å². The Kier molecular flexibility index (Phi) is 5.82. The third kappa shape index (κ3) is 4.10. The Morgan fingerprint density at radius 1 is 1.27 bits per heavy atom. The first-order valence-electron chi connectivity index (χ1n) is 8.06. The second-order valence-corrected chi connectivity index (χ2v) is 8.36. The van der Waals surface area contributed by atoms with Gasteiger partial charge in [-0.15, -0.1) is 0 Å². The second kappa shape index (κ2) is 7.55. The molecule has 0 atom stereocenters. The summed E-state index contributed by atoms with van der Waals surface area (Å²) in [6.45, 7) is 5.24. The van der Waals surface area contributed by atoms with Crippen LogP contribution < -0.4 is 5.32 Å². The Morgan fingerprint density at radius 2 is 1.92 bits per heavy atom. The quantitative estimate of drug-likeness (QED) is 0.830. The standard InChI is InChI=1S/C17H23FN4O3S/c1-11-10-14(18)6-7-15(11)19-16(23)8-9-22-13(3)17(12(2)20-22)26(24,25)21(4)5/h6-7,10H,8-9H2,1-5H3,(H,19,23). The summed E-state index contributed by atoms with van der Waals surface area (Å²) in [6, 6.07) is 4.13. The van der Waals surface area contributed by atoms with Gasteiger partial charge in [-0.2, -0.15) is 5.10 Å². The lowest BCUT2D eigenvalue weighted by Crippen LogP contribution is -2.23. The number of aromatic nitrogens is 2. The van der Waals surface area contributed by atoms with Gasteiger partial charge in [-0.05, 0) is 44.5 Å². The molecule has 0 saturated heterocycles. The topological polar surface area (TPSA) is 84.3 Å². The maximum absolute atomic E-state index is 13.1. The molecule has 0 radical (unpaired) electrons. The highest BCUT2D eigenvalue weighted by Crippen LogP contribution is 2.22. The van der Waals surface area contributed by atoms with Crippen LogP contribution in [-0.2, 0) is 21.4 Å². The van der Waals surface area contributed by atoms with Crippen LogP contribution in [0.1, 0.15) is 23.4 Å². The van der Waals surface area contributed by atoms with Crippen molar-refractivity contribution >= 4 is 21.6 Å². The molecule has 9 heteroatoms. The lowest BCUT2D eigenvalue weighted by Gasteiger charge is -2.12. The smallest absolute Gasteiger partial charge is 0.246 e. The summed E-state index contributed by atoms with van der Waals surface area (Å²) in [6.07, 6.45) is 0.111. The third-order valence-electron chi connectivity index (χ3n) is 4.07. The minimum atomic E-state index is -3.60. The molecule has 26 heavy (non-hydrogen) atoms. The van der Waals surface area contributed by atoms with Gasteiger partial charge < -0.3 is 5.32 Å². The van der Waals surface area contributed by atoms with E-state index >= 15 is 0 Å². The molecule has 1 N–H and O–H groups in total. The van der Waals surface area contributed by atoms with Crippen LogP contribution in [0.5, 0.6) is 0 Å². The molecule has 2 rings (SSSR count). The van der Waals surface area contributed by atoms with Gasteiger partial charge in [0.15, 0.2) is 0 Å². The highest BCUT2D eigenvalue weighted by atomic mass is 32.2. The van der Waals surface area contributed by atoms with Gasteiger partial charge in [0, 0.05) is 26.2 Å². The predicted octanol–water partition coefficient (Wildman–Crippen LogP) is 2.23. The van der Waals surface area contributed by atoms with E-state index in [1.807, 2.05) is 0 Å². The number of halogens is 1. The first kappa shape index (κ1) is 20.1. The summed E-state index contributed by atoms with van der Waals surface area (Å²) in [5.41, 5.74) is 2.05. The number of amides is 1. The monoisotopic (exact) mass is 382 g/mol. The van der Waals surface area contributed by atoms with Crippen molar-refractivity contribution in [2.24, 2.45) is 0 Å². The number of nitrogens with zero attached hydrogens (tertiary/aromatic N) is 3. The summed E-state index contributed by atoms with van der Waals surface area (Å²) in [7, 11) is -0.676. The van der Waals surface area contributed by atoms with E-state index in [1.165, 1.54) is 37.0 Å². The van der Waals surface area contributed by atoms with E-state index in [0.29, 0.717) is 22.6 Å². The molecule has 0 aliphatic heterocycles. The molecule has 0 spiro atoms. The van der Waals surface area contributed by atoms with Gasteiger partial charge in [-0.1, -0.05) is 0 Å². The normalized spacial score (nSPS) is 11.8. The number of rotatable bonds is 6. The van der Waals surface area contributed by atoms with Crippen LogP contribution in [0.4, 0.5) is 10.1 Å². The SMILES string of the molecule is Cc1cc(F)ccc1NC(=O)CCn1nc(C)c(S(=O)(=O)N(C)C)c1C. The Balaban J connectivity index is 2.12. The fourth-order valence-corrected chi connectivity index (χ4v) is 3.90. The molecule has 0 aliphatic rings. The molecule has 0 unspecified atom stereocenters. The van der Waals surface area contributed by atoms with E-state index in [1.54, 1.807) is 20.8 Å². The lowest BCUT2D eigenvalue weighted by atomic mass is 10.2. The van der Waals surface area contributed by atoms with E-state index in [2.05, 4.69) is 10.4 Å². The van der Waals surface area contributed by atoms with E-state index in [-0.39, 0.29) is 29.6 Å². The number of carbonyl (C=O) groups excluding carboxylic acids is 1. The maximum Gasteiger partial charge on any atom is 0.246 e. The van der Waals surface area contributed by atoms with Crippen LogP contribution in [0.3, 0.4) is 0 Å².